The molecule has 0 unspecified atom stereocenters. The van der Waals surface area contributed by atoms with Gasteiger partial charge in [0.15, 0.2) is 5.78 Å². The summed E-state index contributed by atoms with van der Waals surface area (Å²) in [6.45, 7) is 2.19. The van der Waals surface area contributed by atoms with Crippen molar-refractivity contribution in [1.82, 2.24) is 0 Å². The highest BCUT2D eigenvalue weighted by atomic mass is 35.5. The van der Waals surface area contributed by atoms with Gasteiger partial charge in [-0.2, -0.15) is 0 Å². The summed E-state index contributed by atoms with van der Waals surface area (Å²) >= 11 is 5.92. The topological polar surface area (TPSA) is 26.3 Å². The summed E-state index contributed by atoms with van der Waals surface area (Å²) < 4.78 is 19.0. The Hall–Kier alpha value is -0.930. The van der Waals surface area contributed by atoms with Gasteiger partial charge in [0, 0.05) is 13.5 Å². The van der Waals surface area contributed by atoms with Gasteiger partial charge in [-0.05, 0) is 43.2 Å². The molecule has 0 bridgehead atoms. The monoisotopic (exact) mass is 298 g/mol. The highest BCUT2D eigenvalue weighted by Gasteiger charge is 2.40. The number of Topliss-reactive ketones (excluding diaryl/α,β-unsaturated/α-hetero) is 1. The van der Waals surface area contributed by atoms with E-state index in [2.05, 4.69) is 6.92 Å². The Bertz CT molecular complexity index is 493. The fraction of sp³-hybridized carbons (Fsp3) is 0.562. The van der Waals surface area contributed by atoms with Crippen molar-refractivity contribution in [2.75, 3.05) is 7.11 Å². The average molecular weight is 299 g/mol. The van der Waals surface area contributed by atoms with Crippen LogP contribution >= 0.6 is 11.6 Å². The molecule has 0 atom stereocenters. The van der Waals surface area contributed by atoms with E-state index in [1.807, 2.05) is 0 Å². The lowest BCUT2D eigenvalue weighted by Gasteiger charge is -2.37. The molecule has 1 aromatic rings. The van der Waals surface area contributed by atoms with Crippen LogP contribution in [0.15, 0.2) is 18.2 Å². The molecule has 0 spiro atoms. The molecule has 0 heterocycles. The Balaban J connectivity index is 2.16. The number of ether oxygens (including phenoxy) is 1. The molecule has 0 radical (unpaired) electrons. The van der Waals surface area contributed by atoms with E-state index < -0.39 is 11.4 Å². The van der Waals surface area contributed by atoms with Crippen LogP contribution in [0.5, 0.6) is 0 Å². The van der Waals surface area contributed by atoms with Crippen molar-refractivity contribution in [3.05, 3.63) is 34.6 Å². The second-order valence-corrected chi connectivity index (χ2v) is 6.07. The van der Waals surface area contributed by atoms with Gasteiger partial charge in [0.2, 0.25) is 0 Å². The number of halogens is 2. The Morgan fingerprint density at radius 3 is 2.70 bits per heavy atom. The maximum absolute atomic E-state index is 13.4. The van der Waals surface area contributed by atoms with E-state index >= 15 is 0 Å². The van der Waals surface area contributed by atoms with Crippen LogP contribution in [0.25, 0.3) is 0 Å². The van der Waals surface area contributed by atoms with Gasteiger partial charge in [-0.3, -0.25) is 4.79 Å². The summed E-state index contributed by atoms with van der Waals surface area (Å²) in [7, 11) is 1.58. The summed E-state index contributed by atoms with van der Waals surface area (Å²) in [6.07, 6.45) is 3.55. The van der Waals surface area contributed by atoms with Crippen molar-refractivity contribution in [3.63, 3.8) is 0 Å². The SMILES string of the molecule is COC1(C(=O)Cc2cccc(F)c2Cl)CCC(C)CC1. The van der Waals surface area contributed by atoms with Crippen molar-refractivity contribution in [3.8, 4) is 0 Å². The molecular weight excluding hydrogens is 279 g/mol. The van der Waals surface area contributed by atoms with Gasteiger partial charge in [0.1, 0.15) is 11.4 Å². The first-order valence-corrected chi connectivity index (χ1v) is 7.37. The number of rotatable bonds is 4. The highest BCUT2D eigenvalue weighted by molar-refractivity contribution is 6.31. The predicted molar refractivity (Wildman–Crippen MR) is 77.5 cm³/mol. The van der Waals surface area contributed by atoms with E-state index in [0.29, 0.717) is 11.5 Å². The van der Waals surface area contributed by atoms with E-state index in [4.69, 9.17) is 16.3 Å². The van der Waals surface area contributed by atoms with Crippen LogP contribution < -0.4 is 0 Å². The molecule has 1 aliphatic carbocycles. The first kappa shape index (κ1) is 15.5. The quantitative estimate of drug-likeness (QED) is 0.833. The van der Waals surface area contributed by atoms with Gasteiger partial charge >= 0.3 is 0 Å². The highest BCUT2D eigenvalue weighted by Crippen LogP contribution is 2.36. The summed E-state index contributed by atoms with van der Waals surface area (Å²) in [5.74, 6) is 0.143. The zero-order chi connectivity index (χ0) is 14.8. The van der Waals surface area contributed by atoms with Crippen molar-refractivity contribution >= 4 is 17.4 Å². The van der Waals surface area contributed by atoms with Gasteiger partial charge in [-0.15, -0.1) is 0 Å². The maximum Gasteiger partial charge on any atom is 0.169 e. The van der Waals surface area contributed by atoms with Gasteiger partial charge < -0.3 is 4.74 Å². The van der Waals surface area contributed by atoms with E-state index in [0.717, 1.165) is 25.7 Å². The maximum atomic E-state index is 13.4. The number of methoxy groups -OCH3 is 1. The van der Waals surface area contributed by atoms with Crippen molar-refractivity contribution in [2.24, 2.45) is 5.92 Å². The molecule has 110 valence electrons. The molecule has 0 amide bonds. The molecule has 4 heteroatoms. The number of carbonyl (C=O) groups excluding carboxylic acids is 1. The van der Waals surface area contributed by atoms with Crippen LogP contribution in [0.1, 0.15) is 38.2 Å². The normalized spacial score (nSPS) is 26.5. The molecule has 1 aromatic carbocycles. The number of benzene rings is 1. The van der Waals surface area contributed by atoms with Crippen molar-refractivity contribution < 1.29 is 13.9 Å². The van der Waals surface area contributed by atoms with Crippen LogP contribution in [0.4, 0.5) is 4.39 Å². The number of ketones is 1. The summed E-state index contributed by atoms with van der Waals surface area (Å²) in [5.41, 5.74) is -0.186. The Morgan fingerprint density at radius 1 is 1.45 bits per heavy atom. The molecule has 1 fully saturated rings. The molecule has 2 nitrogen and oxygen atoms in total. The van der Waals surface area contributed by atoms with Gasteiger partial charge in [-0.25, -0.2) is 4.39 Å². The first-order valence-electron chi connectivity index (χ1n) is 7.00. The standard InChI is InChI=1S/C16H20ClFO2/c1-11-6-8-16(20-2,9-7-11)14(19)10-12-4-3-5-13(18)15(12)17/h3-5,11H,6-10H2,1-2H3. The molecule has 1 saturated carbocycles. The van der Waals surface area contributed by atoms with E-state index in [1.54, 1.807) is 19.2 Å². The van der Waals surface area contributed by atoms with Crippen molar-refractivity contribution in [2.45, 2.75) is 44.6 Å². The Morgan fingerprint density at radius 2 is 2.10 bits per heavy atom. The molecule has 1 aliphatic rings. The van der Waals surface area contributed by atoms with Crippen LogP contribution in [-0.4, -0.2) is 18.5 Å². The third-order valence-electron chi connectivity index (χ3n) is 4.36. The van der Waals surface area contributed by atoms with Crippen molar-refractivity contribution in [1.29, 1.82) is 0 Å². The fourth-order valence-electron chi connectivity index (χ4n) is 2.84. The fourth-order valence-corrected chi connectivity index (χ4v) is 3.04. The zero-order valence-corrected chi connectivity index (χ0v) is 12.7. The number of hydrogen-bond acceptors (Lipinski definition) is 2. The molecule has 0 aromatic heterocycles. The van der Waals surface area contributed by atoms with Crippen LogP contribution in [0, 0.1) is 11.7 Å². The molecule has 0 saturated heterocycles. The number of carbonyl (C=O) groups is 1. The van der Waals surface area contributed by atoms with Crippen LogP contribution in [-0.2, 0) is 16.0 Å². The minimum Gasteiger partial charge on any atom is -0.370 e. The van der Waals surface area contributed by atoms with E-state index in [1.165, 1.54) is 6.07 Å². The Kier molecular flexibility index (Phi) is 4.82. The van der Waals surface area contributed by atoms with Crippen LogP contribution in [0.2, 0.25) is 5.02 Å². The largest absolute Gasteiger partial charge is 0.370 e. The van der Waals surface area contributed by atoms with Gasteiger partial charge in [-0.1, -0.05) is 30.7 Å². The molecular formula is C16H20ClFO2. The summed E-state index contributed by atoms with van der Waals surface area (Å²) in [4.78, 5) is 12.6. The lowest BCUT2D eigenvalue weighted by molar-refractivity contribution is -0.145. The van der Waals surface area contributed by atoms with Crippen LogP contribution in [0.3, 0.4) is 0 Å². The van der Waals surface area contributed by atoms with Gasteiger partial charge in [0.05, 0.1) is 5.02 Å². The minimum atomic E-state index is -0.720. The number of hydrogen-bond donors (Lipinski definition) is 0. The Labute approximate surface area is 124 Å². The molecule has 0 N–H and O–H groups in total. The van der Waals surface area contributed by atoms with E-state index in [-0.39, 0.29) is 17.2 Å². The lowest BCUT2D eigenvalue weighted by atomic mass is 9.76. The average Bonchev–Trinajstić information content (AvgIpc) is 2.45. The van der Waals surface area contributed by atoms with Gasteiger partial charge in [0.25, 0.3) is 0 Å². The first-order chi connectivity index (χ1) is 9.48. The zero-order valence-electron chi connectivity index (χ0n) is 11.9. The second kappa shape index (κ2) is 6.23. The molecule has 2 rings (SSSR count). The molecule has 20 heavy (non-hydrogen) atoms. The summed E-state index contributed by atoms with van der Waals surface area (Å²) in [5, 5.41) is 0.0382. The van der Waals surface area contributed by atoms with E-state index in [9.17, 15) is 9.18 Å². The summed E-state index contributed by atoms with van der Waals surface area (Å²) in [6, 6.07) is 4.56. The lowest BCUT2D eigenvalue weighted by Crippen LogP contribution is -2.44. The smallest absolute Gasteiger partial charge is 0.169 e. The second-order valence-electron chi connectivity index (χ2n) is 5.69. The molecule has 0 aliphatic heterocycles. The third kappa shape index (κ3) is 3.04. The third-order valence-corrected chi connectivity index (χ3v) is 4.79. The minimum absolute atomic E-state index is 0.000556. The predicted octanol–water partition coefficient (Wildman–Crippen LogP) is 4.19.